The third-order valence-electron chi connectivity index (χ3n) is 2.85. The average Bonchev–Trinajstić information content (AvgIpc) is 2.73. The Morgan fingerprint density at radius 3 is 3.00 bits per heavy atom. The zero-order valence-corrected chi connectivity index (χ0v) is 9.67. The van der Waals surface area contributed by atoms with Gasteiger partial charge in [-0.15, -0.1) is 0 Å². The first kappa shape index (κ1) is 11.8. The van der Waals surface area contributed by atoms with Gasteiger partial charge in [0.05, 0.1) is 0 Å². The van der Waals surface area contributed by atoms with Crippen molar-refractivity contribution in [3.05, 3.63) is 30.1 Å². The molecule has 1 N–H and O–H groups in total. The largest absolute Gasteiger partial charge is 0.396 e. The van der Waals surface area contributed by atoms with Gasteiger partial charge in [0.1, 0.15) is 5.65 Å². The zero-order chi connectivity index (χ0) is 12.1. The van der Waals surface area contributed by atoms with E-state index in [-0.39, 0.29) is 6.61 Å². The molecule has 0 unspecified atom stereocenters. The third-order valence-corrected chi connectivity index (χ3v) is 2.85. The van der Waals surface area contributed by atoms with Crippen molar-refractivity contribution in [2.45, 2.75) is 25.8 Å². The zero-order valence-electron chi connectivity index (χ0n) is 9.67. The van der Waals surface area contributed by atoms with Crippen LogP contribution in [0.5, 0.6) is 0 Å². The second kappa shape index (κ2) is 5.59. The van der Waals surface area contributed by atoms with Crippen molar-refractivity contribution in [2.24, 2.45) is 0 Å². The van der Waals surface area contributed by atoms with E-state index in [0.717, 1.165) is 43.1 Å². The monoisotopic (exact) mass is 232 g/mol. The second-order valence-electron chi connectivity index (χ2n) is 4.05. The maximum absolute atomic E-state index is 10.9. The van der Waals surface area contributed by atoms with E-state index < -0.39 is 0 Å². The van der Waals surface area contributed by atoms with Crippen LogP contribution in [0.25, 0.3) is 11.0 Å². The first-order valence-electron chi connectivity index (χ1n) is 5.86. The van der Waals surface area contributed by atoms with Crippen molar-refractivity contribution >= 4 is 17.3 Å². The Labute approximate surface area is 99.9 Å². The Kier molecular flexibility index (Phi) is 3.88. The van der Waals surface area contributed by atoms with Gasteiger partial charge < -0.3 is 9.67 Å². The van der Waals surface area contributed by atoms with Gasteiger partial charge in [-0.2, -0.15) is 0 Å². The Morgan fingerprint density at radius 1 is 1.35 bits per heavy atom. The van der Waals surface area contributed by atoms with E-state index in [1.165, 1.54) is 0 Å². The molecular formula is C13H16N2O2. The molecule has 0 aliphatic carbocycles. The van der Waals surface area contributed by atoms with E-state index >= 15 is 0 Å². The highest BCUT2D eigenvalue weighted by Crippen LogP contribution is 2.18. The van der Waals surface area contributed by atoms with Gasteiger partial charge in [0.15, 0.2) is 6.29 Å². The van der Waals surface area contributed by atoms with Crippen LogP contribution in [0.4, 0.5) is 0 Å². The van der Waals surface area contributed by atoms with Crippen molar-refractivity contribution in [1.29, 1.82) is 0 Å². The van der Waals surface area contributed by atoms with Gasteiger partial charge in [0.2, 0.25) is 0 Å². The molecule has 0 spiro atoms. The summed E-state index contributed by atoms with van der Waals surface area (Å²) >= 11 is 0. The molecule has 4 nitrogen and oxygen atoms in total. The second-order valence-corrected chi connectivity index (χ2v) is 4.05. The molecule has 0 saturated heterocycles. The minimum Gasteiger partial charge on any atom is -0.396 e. The number of rotatable bonds is 6. The highest BCUT2D eigenvalue weighted by Gasteiger charge is 2.07. The standard InChI is InChI=1S/C13H16N2O2/c16-8-3-1-2-7-15-9-11(10-17)12-5-4-6-14-13(12)15/h4-6,9-10,16H,1-3,7-8H2. The molecule has 2 aromatic rings. The molecule has 0 aliphatic rings. The number of hydrogen-bond acceptors (Lipinski definition) is 3. The van der Waals surface area contributed by atoms with Crippen LogP contribution in [0.2, 0.25) is 0 Å². The minimum absolute atomic E-state index is 0.240. The lowest BCUT2D eigenvalue weighted by Crippen LogP contribution is -1.97. The first-order valence-corrected chi connectivity index (χ1v) is 5.86. The number of carbonyl (C=O) groups excluding carboxylic acids is 1. The van der Waals surface area contributed by atoms with Crippen LogP contribution in [0, 0.1) is 0 Å². The predicted molar refractivity (Wildman–Crippen MR) is 66.1 cm³/mol. The van der Waals surface area contributed by atoms with Crippen molar-refractivity contribution in [3.8, 4) is 0 Å². The number of unbranched alkanes of at least 4 members (excludes halogenated alkanes) is 2. The van der Waals surface area contributed by atoms with E-state index in [0.29, 0.717) is 5.56 Å². The first-order chi connectivity index (χ1) is 8.36. The summed E-state index contributed by atoms with van der Waals surface area (Å²) in [5.41, 5.74) is 1.55. The topological polar surface area (TPSA) is 55.1 Å². The molecule has 17 heavy (non-hydrogen) atoms. The lowest BCUT2D eigenvalue weighted by Gasteiger charge is -2.03. The SMILES string of the molecule is O=Cc1cn(CCCCCO)c2ncccc12. The van der Waals surface area contributed by atoms with Gasteiger partial charge in [0.25, 0.3) is 0 Å². The summed E-state index contributed by atoms with van der Waals surface area (Å²) in [5.74, 6) is 0. The van der Waals surface area contributed by atoms with E-state index in [9.17, 15) is 4.79 Å². The van der Waals surface area contributed by atoms with Crippen LogP contribution < -0.4 is 0 Å². The van der Waals surface area contributed by atoms with Gasteiger partial charge in [-0.1, -0.05) is 0 Å². The lowest BCUT2D eigenvalue weighted by atomic mass is 10.2. The van der Waals surface area contributed by atoms with E-state index in [4.69, 9.17) is 5.11 Å². The van der Waals surface area contributed by atoms with Gasteiger partial charge in [0, 0.05) is 36.5 Å². The maximum Gasteiger partial charge on any atom is 0.152 e. The summed E-state index contributed by atoms with van der Waals surface area (Å²) < 4.78 is 2.01. The fourth-order valence-corrected chi connectivity index (χ4v) is 1.98. The van der Waals surface area contributed by atoms with Crippen LogP contribution in [0.3, 0.4) is 0 Å². The Morgan fingerprint density at radius 2 is 2.24 bits per heavy atom. The predicted octanol–water partition coefficient (Wildman–Crippen LogP) is 2.01. The number of aldehydes is 1. The Bertz CT molecular complexity index is 505. The van der Waals surface area contributed by atoms with E-state index in [1.54, 1.807) is 6.20 Å². The number of aliphatic hydroxyl groups is 1. The summed E-state index contributed by atoms with van der Waals surface area (Å²) in [7, 11) is 0. The van der Waals surface area contributed by atoms with Crippen LogP contribution in [0.1, 0.15) is 29.6 Å². The molecule has 4 heteroatoms. The fraction of sp³-hybridized carbons (Fsp3) is 0.385. The number of pyridine rings is 1. The van der Waals surface area contributed by atoms with Crippen LogP contribution in [-0.4, -0.2) is 27.6 Å². The normalized spacial score (nSPS) is 10.9. The fourth-order valence-electron chi connectivity index (χ4n) is 1.98. The third kappa shape index (κ3) is 2.53. The minimum atomic E-state index is 0.240. The molecule has 0 amide bonds. The lowest BCUT2D eigenvalue weighted by molar-refractivity contribution is 0.112. The van der Waals surface area contributed by atoms with Gasteiger partial charge in [-0.25, -0.2) is 4.98 Å². The van der Waals surface area contributed by atoms with Crippen molar-refractivity contribution in [1.82, 2.24) is 9.55 Å². The van der Waals surface area contributed by atoms with Gasteiger partial charge in [-0.05, 0) is 31.4 Å². The summed E-state index contributed by atoms with van der Waals surface area (Å²) in [6.45, 7) is 1.08. The molecule has 0 aromatic carbocycles. The molecule has 0 radical (unpaired) electrons. The molecule has 0 bridgehead atoms. The molecular weight excluding hydrogens is 216 g/mol. The molecule has 0 aliphatic heterocycles. The quantitative estimate of drug-likeness (QED) is 0.612. The van der Waals surface area contributed by atoms with Crippen molar-refractivity contribution in [3.63, 3.8) is 0 Å². The summed E-state index contributed by atoms with van der Waals surface area (Å²) in [6, 6.07) is 3.75. The van der Waals surface area contributed by atoms with Gasteiger partial charge in [-0.3, -0.25) is 4.79 Å². The number of hydrogen-bond donors (Lipinski definition) is 1. The molecule has 90 valence electrons. The summed E-state index contributed by atoms with van der Waals surface area (Å²) in [5, 5.41) is 9.62. The Hall–Kier alpha value is -1.68. The Balaban J connectivity index is 2.19. The average molecular weight is 232 g/mol. The maximum atomic E-state index is 10.9. The molecule has 2 rings (SSSR count). The molecule has 0 fully saturated rings. The number of nitrogens with zero attached hydrogens (tertiary/aromatic N) is 2. The van der Waals surface area contributed by atoms with Crippen molar-refractivity contribution < 1.29 is 9.90 Å². The van der Waals surface area contributed by atoms with Gasteiger partial charge >= 0.3 is 0 Å². The number of fused-ring (bicyclic) bond motifs is 1. The van der Waals surface area contributed by atoms with Crippen LogP contribution in [-0.2, 0) is 6.54 Å². The highest BCUT2D eigenvalue weighted by molar-refractivity contribution is 5.95. The smallest absolute Gasteiger partial charge is 0.152 e. The summed E-state index contributed by atoms with van der Waals surface area (Å²) in [6.07, 6.45) is 7.25. The molecule has 2 aromatic heterocycles. The highest BCUT2D eigenvalue weighted by atomic mass is 16.2. The molecule has 0 saturated carbocycles. The molecule has 0 atom stereocenters. The summed E-state index contributed by atoms with van der Waals surface area (Å²) in [4.78, 5) is 15.2. The van der Waals surface area contributed by atoms with Crippen LogP contribution >= 0.6 is 0 Å². The van der Waals surface area contributed by atoms with Crippen LogP contribution in [0.15, 0.2) is 24.5 Å². The van der Waals surface area contributed by atoms with E-state index in [1.807, 2.05) is 22.9 Å². The van der Waals surface area contributed by atoms with E-state index in [2.05, 4.69) is 4.98 Å². The number of aliphatic hydroxyl groups excluding tert-OH is 1. The molecule has 2 heterocycles. The van der Waals surface area contributed by atoms with Crippen molar-refractivity contribution in [2.75, 3.05) is 6.61 Å². The number of carbonyl (C=O) groups is 1. The number of aryl methyl sites for hydroxylation is 1. The number of aromatic nitrogens is 2.